The molecule has 0 aromatic rings. The van der Waals surface area contributed by atoms with E-state index in [9.17, 15) is 4.79 Å². The highest BCUT2D eigenvalue weighted by Gasteiger charge is 2.19. The van der Waals surface area contributed by atoms with Gasteiger partial charge in [-0.25, -0.2) is 4.79 Å². The maximum Gasteiger partial charge on any atom is 0.334 e. The van der Waals surface area contributed by atoms with E-state index in [1.54, 1.807) is 6.92 Å². The molecule has 9 heavy (non-hydrogen) atoms. The van der Waals surface area contributed by atoms with Crippen molar-refractivity contribution in [3.63, 3.8) is 0 Å². The van der Waals surface area contributed by atoms with E-state index in [1.807, 2.05) is 0 Å². The Hall–Kier alpha value is -0.610. The first-order valence-electron chi connectivity index (χ1n) is 2.76. The van der Waals surface area contributed by atoms with E-state index in [-0.39, 0.29) is 0 Å². The van der Waals surface area contributed by atoms with Crippen molar-refractivity contribution in [2.45, 2.75) is 25.5 Å². The van der Waals surface area contributed by atoms with Gasteiger partial charge in [0.1, 0.15) is 0 Å². The summed E-state index contributed by atoms with van der Waals surface area (Å²) >= 11 is 0. The summed E-state index contributed by atoms with van der Waals surface area (Å²) in [4.78, 5) is 9.97. The van der Waals surface area contributed by atoms with Gasteiger partial charge in [-0.2, -0.15) is 0 Å². The van der Waals surface area contributed by atoms with Crippen LogP contribution >= 0.6 is 0 Å². The van der Waals surface area contributed by atoms with Crippen LogP contribution in [-0.2, 0) is 4.79 Å². The maximum absolute atomic E-state index is 9.97. The molecule has 0 aliphatic carbocycles. The number of rotatable bonds is 3. The Balaban J connectivity index is 3.72. The van der Waals surface area contributed by atoms with Crippen molar-refractivity contribution in [3.05, 3.63) is 0 Å². The smallest absolute Gasteiger partial charge is 0.334 e. The molecule has 4 N–H and O–H groups in total. The molecule has 0 rings (SSSR count). The standard InChI is InChI=1S/C5H11NO3/c1-2-3(6)4(7)5(8)9/h3-4,7H,2,6H2,1H3,(H,8,9)/t3?,4-/m0/s1. The highest BCUT2D eigenvalue weighted by atomic mass is 16.4. The summed E-state index contributed by atoms with van der Waals surface area (Å²) in [6.45, 7) is 1.72. The lowest BCUT2D eigenvalue weighted by atomic mass is 10.1. The number of aliphatic carboxylic acids is 1. The van der Waals surface area contributed by atoms with Crippen molar-refractivity contribution in [1.29, 1.82) is 0 Å². The van der Waals surface area contributed by atoms with E-state index in [0.29, 0.717) is 6.42 Å². The average molecular weight is 133 g/mol. The first-order valence-corrected chi connectivity index (χ1v) is 2.76. The zero-order valence-corrected chi connectivity index (χ0v) is 5.24. The Morgan fingerprint density at radius 3 is 2.33 bits per heavy atom. The normalized spacial score (nSPS) is 16.8. The van der Waals surface area contributed by atoms with Gasteiger partial charge in [0.2, 0.25) is 0 Å². The van der Waals surface area contributed by atoms with Crippen LogP contribution in [-0.4, -0.2) is 28.3 Å². The number of hydrogen-bond donors (Lipinski definition) is 3. The lowest BCUT2D eigenvalue weighted by molar-refractivity contribution is -0.147. The monoisotopic (exact) mass is 133 g/mol. The average Bonchev–Trinajstić information content (AvgIpc) is 1.84. The third-order valence-corrected chi connectivity index (χ3v) is 1.13. The number of nitrogens with two attached hydrogens (primary N) is 1. The first-order chi connectivity index (χ1) is 4.09. The number of hydrogen-bond acceptors (Lipinski definition) is 3. The van der Waals surface area contributed by atoms with Gasteiger partial charge < -0.3 is 15.9 Å². The summed E-state index contributed by atoms with van der Waals surface area (Å²) in [7, 11) is 0. The quantitative estimate of drug-likeness (QED) is 0.469. The van der Waals surface area contributed by atoms with E-state index in [0.717, 1.165) is 0 Å². The fourth-order valence-electron chi connectivity index (χ4n) is 0.406. The minimum absolute atomic E-state index is 0.466. The Bertz CT molecular complexity index is 104. The molecule has 4 heteroatoms. The molecule has 0 radical (unpaired) electrons. The van der Waals surface area contributed by atoms with E-state index in [1.165, 1.54) is 0 Å². The van der Waals surface area contributed by atoms with Crippen LogP contribution in [0.5, 0.6) is 0 Å². The van der Waals surface area contributed by atoms with Crippen molar-refractivity contribution in [3.8, 4) is 0 Å². The summed E-state index contributed by atoms with van der Waals surface area (Å²) < 4.78 is 0. The fraction of sp³-hybridized carbons (Fsp3) is 0.800. The second kappa shape index (κ2) is 3.42. The van der Waals surface area contributed by atoms with Gasteiger partial charge in [0.15, 0.2) is 6.10 Å². The first kappa shape index (κ1) is 8.39. The van der Waals surface area contributed by atoms with Crippen LogP contribution in [0, 0.1) is 0 Å². The molecule has 0 saturated heterocycles. The van der Waals surface area contributed by atoms with Crippen LogP contribution in [0.25, 0.3) is 0 Å². The molecule has 0 heterocycles. The zero-order valence-electron chi connectivity index (χ0n) is 5.24. The molecule has 2 atom stereocenters. The van der Waals surface area contributed by atoms with Gasteiger partial charge in [-0.15, -0.1) is 0 Å². The summed E-state index contributed by atoms with van der Waals surface area (Å²) in [5.74, 6) is -1.26. The van der Waals surface area contributed by atoms with Crippen molar-refractivity contribution in [1.82, 2.24) is 0 Å². The van der Waals surface area contributed by atoms with Gasteiger partial charge in [-0.1, -0.05) is 6.92 Å². The highest BCUT2D eigenvalue weighted by molar-refractivity contribution is 5.72. The lowest BCUT2D eigenvalue weighted by Gasteiger charge is -2.11. The molecule has 0 aliphatic rings. The molecule has 0 aromatic carbocycles. The molecule has 0 spiro atoms. The molecule has 54 valence electrons. The predicted octanol–water partition coefficient (Wildman–Crippen LogP) is -0.831. The number of carboxylic acid groups (broad SMARTS) is 1. The molecule has 0 amide bonds. The Morgan fingerprint density at radius 2 is 2.22 bits per heavy atom. The second-order valence-electron chi connectivity index (χ2n) is 1.86. The van der Waals surface area contributed by atoms with Crippen LogP contribution in [0.3, 0.4) is 0 Å². The third-order valence-electron chi connectivity index (χ3n) is 1.13. The Labute approximate surface area is 53.3 Å². The van der Waals surface area contributed by atoms with Crippen molar-refractivity contribution in [2.75, 3.05) is 0 Å². The minimum atomic E-state index is -1.42. The van der Waals surface area contributed by atoms with Crippen LogP contribution in [0.4, 0.5) is 0 Å². The molecule has 1 unspecified atom stereocenters. The Morgan fingerprint density at radius 1 is 1.78 bits per heavy atom. The van der Waals surface area contributed by atoms with E-state index >= 15 is 0 Å². The summed E-state index contributed by atoms with van der Waals surface area (Å²) in [6.07, 6.45) is -0.956. The maximum atomic E-state index is 9.97. The fourth-order valence-corrected chi connectivity index (χ4v) is 0.406. The number of aliphatic hydroxyl groups excluding tert-OH is 1. The Kier molecular flexibility index (Phi) is 3.19. The van der Waals surface area contributed by atoms with Crippen LogP contribution in [0.1, 0.15) is 13.3 Å². The van der Waals surface area contributed by atoms with E-state index in [2.05, 4.69) is 0 Å². The molecular weight excluding hydrogens is 122 g/mol. The minimum Gasteiger partial charge on any atom is -0.479 e. The molecule has 0 saturated carbocycles. The van der Waals surface area contributed by atoms with Gasteiger partial charge in [-0.3, -0.25) is 0 Å². The summed E-state index contributed by atoms with van der Waals surface area (Å²) in [6, 6.07) is -0.650. The topological polar surface area (TPSA) is 83.5 Å². The van der Waals surface area contributed by atoms with E-state index in [4.69, 9.17) is 15.9 Å². The molecule has 0 bridgehead atoms. The van der Waals surface area contributed by atoms with Crippen LogP contribution in [0.2, 0.25) is 0 Å². The summed E-state index contributed by atoms with van der Waals surface area (Å²) in [5.41, 5.74) is 5.19. The number of aliphatic hydroxyl groups is 1. The summed E-state index contributed by atoms with van der Waals surface area (Å²) in [5, 5.41) is 16.8. The van der Waals surface area contributed by atoms with Gasteiger partial charge in [0, 0.05) is 6.04 Å². The van der Waals surface area contributed by atoms with Gasteiger partial charge >= 0.3 is 5.97 Å². The van der Waals surface area contributed by atoms with Crippen molar-refractivity contribution in [2.24, 2.45) is 5.73 Å². The van der Waals surface area contributed by atoms with Gasteiger partial charge in [-0.05, 0) is 6.42 Å². The molecule has 0 aromatic heterocycles. The molecular formula is C5H11NO3. The van der Waals surface area contributed by atoms with Gasteiger partial charge in [0.25, 0.3) is 0 Å². The molecule has 4 nitrogen and oxygen atoms in total. The van der Waals surface area contributed by atoms with Crippen LogP contribution in [0.15, 0.2) is 0 Å². The number of carboxylic acids is 1. The number of carbonyl (C=O) groups is 1. The second-order valence-corrected chi connectivity index (χ2v) is 1.86. The van der Waals surface area contributed by atoms with Crippen LogP contribution < -0.4 is 5.73 Å². The van der Waals surface area contributed by atoms with Crippen molar-refractivity contribution < 1.29 is 15.0 Å². The molecule has 0 fully saturated rings. The lowest BCUT2D eigenvalue weighted by Crippen LogP contribution is -2.39. The highest BCUT2D eigenvalue weighted by Crippen LogP contribution is 1.93. The van der Waals surface area contributed by atoms with E-state index < -0.39 is 18.1 Å². The predicted molar refractivity (Wildman–Crippen MR) is 31.9 cm³/mol. The van der Waals surface area contributed by atoms with Crippen molar-refractivity contribution >= 4 is 5.97 Å². The SMILES string of the molecule is CCC(N)[C@H](O)C(=O)O. The third kappa shape index (κ3) is 2.43. The largest absolute Gasteiger partial charge is 0.479 e. The van der Waals surface area contributed by atoms with Gasteiger partial charge in [0.05, 0.1) is 0 Å². The molecule has 0 aliphatic heterocycles. The zero-order chi connectivity index (χ0) is 7.44.